The van der Waals surface area contributed by atoms with E-state index in [1.807, 2.05) is 31.2 Å². The van der Waals surface area contributed by atoms with Crippen molar-refractivity contribution in [2.24, 2.45) is 0 Å². The minimum atomic E-state index is -3.89. The molecule has 184 valence electrons. The SMILES string of the molecule is CCOc1ccc(S(=O)(=O)Nc2cc(Sc3nc4ccccc4s3)c3oc(C)c(C(C)=O)c3c2)cc1. The molecule has 7 nitrogen and oxygen atoms in total. The van der Waals surface area contributed by atoms with E-state index in [-0.39, 0.29) is 10.7 Å². The summed E-state index contributed by atoms with van der Waals surface area (Å²) in [5.74, 6) is 0.913. The number of anilines is 1. The standard InChI is InChI=1S/C26H22N2O5S3/c1-4-32-18-9-11-19(12-10-18)36(30,31)28-17-13-20-24(15(2)29)16(3)33-25(20)23(14-17)35-26-27-21-7-5-6-8-22(21)34-26/h5-14,28H,4H2,1-3H3. The lowest BCUT2D eigenvalue weighted by molar-refractivity contribution is 0.101. The van der Waals surface area contributed by atoms with E-state index in [1.165, 1.54) is 42.2 Å². The molecular formula is C26H22N2O5S3. The molecule has 0 atom stereocenters. The van der Waals surface area contributed by atoms with E-state index in [4.69, 9.17) is 9.15 Å². The Morgan fingerprint density at radius 2 is 1.89 bits per heavy atom. The molecule has 1 N–H and O–H groups in total. The van der Waals surface area contributed by atoms with Gasteiger partial charge in [0.05, 0.1) is 37.9 Å². The Morgan fingerprint density at radius 3 is 2.58 bits per heavy atom. The van der Waals surface area contributed by atoms with Crippen molar-refractivity contribution in [1.82, 2.24) is 4.98 Å². The Morgan fingerprint density at radius 1 is 1.14 bits per heavy atom. The first kappa shape index (κ1) is 24.4. The lowest BCUT2D eigenvalue weighted by Crippen LogP contribution is -2.13. The molecule has 10 heteroatoms. The van der Waals surface area contributed by atoms with Crippen LogP contribution in [0.25, 0.3) is 21.2 Å². The Hall–Kier alpha value is -3.34. The van der Waals surface area contributed by atoms with Crippen molar-refractivity contribution in [3.8, 4) is 5.75 Å². The zero-order valence-electron chi connectivity index (χ0n) is 19.7. The second kappa shape index (κ2) is 9.61. The molecule has 0 fully saturated rings. The van der Waals surface area contributed by atoms with E-state index in [0.29, 0.717) is 45.2 Å². The van der Waals surface area contributed by atoms with Crippen molar-refractivity contribution in [2.45, 2.75) is 34.9 Å². The van der Waals surface area contributed by atoms with Crippen molar-refractivity contribution in [3.05, 3.63) is 72.0 Å². The lowest BCUT2D eigenvalue weighted by Gasteiger charge is -2.11. The monoisotopic (exact) mass is 538 g/mol. The second-order valence-corrected chi connectivity index (χ2v) is 12.0. The highest BCUT2D eigenvalue weighted by Crippen LogP contribution is 2.42. The Kier molecular flexibility index (Phi) is 6.50. The molecule has 0 radical (unpaired) electrons. The van der Waals surface area contributed by atoms with Gasteiger partial charge in [-0.1, -0.05) is 23.9 Å². The molecule has 0 amide bonds. The number of aromatic nitrogens is 1. The number of nitrogens with zero attached hydrogens (tertiary/aromatic N) is 1. The van der Waals surface area contributed by atoms with Crippen molar-refractivity contribution in [1.29, 1.82) is 0 Å². The van der Waals surface area contributed by atoms with Crippen LogP contribution in [0.5, 0.6) is 5.75 Å². The van der Waals surface area contributed by atoms with Crippen molar-refractivity contribution >= 4 is 65.8 Å². The maximum Gasteiger partial charge on any atom is 0.261 e. The van der Waals surface area contributed by atoms with Gasteiger partial charge in [0, 0.05) is 5.39 Å². The Bertz CT molecular complexity index is 1670. The highest BCUT2D eigenvalue weighted by atomic mass is 32.2. The lowest BCUT2D eigenvalue weighted by atomic mass is 10.1. The molecule has 0 saturated carbocycles. The molecule has 0 aliphatic rings. The fourth-order valence-electron chi connectivity index (χ4n) is 3.94. The van der Waals surface area contributed by atoms with Gasteiger partial charge in [0.1, 0.15) is 17.1 Å². The van der Waals surface area contributed by atoms with E-state index in [1.54, 1.807) is 31.2 Å². The molecule has 0 unspecified atom stereocenters. The van der Waals surface area contributed by atoms with Gasteiger partial charge in [-0.25, -0.2) is 13.4 Å². The van der Waals surface area contributed by atoms with Crippen LogP contribution in [-0.4, -0.2) is 25.8 Å². The van der Waals surface area contributed by atoms with Crippen molar-refractivity contribution in [2.75, 3.05) is 11.3 Å². The van der Waals surface area contributed by atoms with E-state index in [0.717, 1.165) is 14.6 Å². The number of carbonyl (C=O) groups excluding carboxylic acids is 1. The smallest absolute Gasteiger partial charge is 0.261 e. The number of fused-ring (bicyclic) bond motifs is 2. The van der Waals surface area contributed by atoms with Crippen LogP contribution < -0.4 is 9.46 Å². The number of thiazole rings is 1. The number of nitrogens with one attached hydrogen (secondary N) is 1. The molecule has 2 heterocycles. The van der Waals surface area contributed by atoms with Gasteiger partial charge in [-0.05, 0) is 69.3 Å². The average molecular weight is 539 g/mol. The van der Waals surface area contributed by atoms with Crippen LogP contribution in [0.15, 0.2) is 79.2 Å². The molecule has 0 aliphatic heterocycles. The molecule has 5 aromatic rings. The first-order chi connectivity index (χ1) is 17.2. The zero-order chi connectivity index (χ0) is 25.4. The number of benzene rings is 3. The molecule has 5 rings (SSSR count). The second-order valence-electron chi connectivity index (χ2n) is 8.00. The van der Waals surface area contributed by atoms with Crippen LogP contribution in [0.4, 0.5) is 5.69 Å². The quantitative estimate of drug-likeness (QED) is 0.214. The summed E-state index contributed by atoms with van der Waals surface area (Å²) < 4.78 is 42.2. The summed E-state index contributed by atoms with van der Waals surface area (Å²) in [7, 11) is -3.89. The van der Waals surface area contributed by atoms with Gasteiger partial charge in [0.2, 0.25) is 0 Å². The van der Waals surface area contributed by atoms with Crippen LogP contribution >= 0.6 is 23.1 Å². The van der Waals surface area contributed by atoms with Gasteiger partial charge in [0.25, 0.3) is 10.0 Å². The Balaban J connectivity index is 1.57. The van der Waals surface area contributed by atoms with Gasteiger partial charge >= 0.3 is 0 Å². The molecule has 0 saturated heterocycles. The van der Waals surface area contributed by atoms with Gasteiger partial charge in [0.15, 0.2) is 10.1 Å². The van der Waals surface area contributed by atoms with Gasteiger partial charge < -0.3 is 9.15 Å². The number of carbonyl (C=O) groups is 1. The maximum atomic E-state index is 13.2. The zero-order valence-corrected chi connectivity index (χ0v) is 22.1. The summed E-state index contributed by atoms with van der Waals surface area (Å²) in [6, 6.07) is 17.4. The summed E-state index contributed by atoms with van der Waals surface area (Å²) in [6.07, 6.45) is 0. The summed E-state index contributed by atoms with van der Waals surface area (Å²) in [6.45, 7) is 5.54. The summed E-state index contributed by atoms with van der Waals surface area (Å²) in [5, 5.41) is 0.551. The minimum Gasteiger partial charge on any atom is -0.494 e. The molecule has 0 bridgehead atoms. The normalized spacial score (nSPS) is 11.8. The van der Waals surface area contributed by atoms with E-state index < -0.39 is 10.0 Å². The number of rotatable bonds is 8. The Labute approximate surface area is 216 Å². The number of hydrogen-bond donors (Lipinski definition) is 1. The molecule has 36 heavy (non-hydrogen) atoms. The minimum absolute atomic E-state index is 0.0987. The number of aryl methyl sites for hydroxylation is 1. The number of sulfonamides is 1. The molecule has 3 aromatic carbocycles. The van der Waals surface area contributed by atoms with Crippen LogP contribution in [0.2, 0.25) is 0 Å². The van der Waals surface area contributed by atoms with Gasteiger partial charge in [-0.3, -0.25) is 9.52 Å². The fraction of sp³-hybridized carbons (Fsp3) is 0.154. The van der Waals surface area contributed by atoms with Gasteiger partial charge in [-0.15, -0.1) is 11.3 Å². The number of Topliss-reactive ketones (excluding diaryl/α,β-unsaturated/α-hetero) is 1. The number of hydrogen-bond acceptors (Lipinski definition) is 8. The van der Waals surface area contributed by atoms with Crippen LogP contribution in [0, 0.1) is 6.92 Å². The largest absolute Gasteiger partial charge is 0.494 e. The van der Waals surface area contributed by atoms with E-state index in [2.05, 4.69) is 9.71 Å². The van der Waals surface area contributed by atoms with Crippen molar-refractivity contribution in [3.63, 3.8) is 0 Å². The molecule has 0 aliphatic carbocycles. The molecular weight excluding hydrogens is 516 g/mol. The van der Waals surface area contributed by atoms with Crippen LogP contribution in [-0.2, 0) is 10.0 Å². The molecule has 2 aromatic heterocycles. The van der Waals surface area contributed by atoms with Crippen molar-refractivity contribution < 1.29 is 22.4 Å². The van der Waals surface area contributed by atoms with Gasteiger partial charge in [-0.2, -0.15) is 0 Å². The highest BCUT2D eigenvalue weighted by Gasteiger charge is 2.22. The highest BCUT2D eigenvalue weighted by molar-refractivity contribution is 8.01. The first-order valence-electron chi connectivity index (χ1n) is 11.1. The number of ether oxygens (including phenoxy) is 1. The first-order valence-corrected chi connectivity index (χ1v) is 14.2. The van der Waals surface area contributed by atoms with Crippen LogP contribution in [0.1, 0.15) is 30.0 Å². The van der Waals surface area contributed by atoms with E-state index in [9.17, 15) is 13.2 Å². The predicted octanol–water partition coefficient (Wildman–Crippen LogP) is 6.90. The maximum absolute atomic E-state index is 13.2. The summed E-state index contributed by atoms with van der Waals surface area (Å²) in [5.41, 5.74) is 2.15. The average Bonchev–Trinajstić information content (AvgIpc) is 3.39. The third-order valence-corrected chi connectivity index (χ3v) is 8.97. The third-order valence-electron chi connectivity index (χ3n) is 5.45. The fourth-order valence-corrected chi connectivity index (χ4v) is 7.15. The number of para-hydroxylation sites is 1. The topological polar surface area (TPSA) is 98.5 Å². The summed E-state index contributed by atoms with van der Waals surface area (Å²) >= 11 is 2.90. The summed E-state index contributed by atoms with van der Waals surface area (Å²) in [4.78, 5) is 17.8. The van der Waals surface area contributed by atoms with Crippen LogP contribution in [0.3, 0.4) is 0 Å². The molecule has 0 spiro atoms. The number of ketones is 1. The third kappa shape index (κ3) is 4.71. The van der Waals surface area contributed by atoms with E-state index >= 15 is 0 Å². The predicted molar refractivity (Wildman–Crippen MR) is 143 cm³/mol. The number of furan rings is 1.